The molecule has 7 heteroatoms. The molecule has 0 radical (unpaired) electrons. The minimum absolute atomic E-state index is 0.133. The van der Waals surface area contributed by atoms with Crippen molar-refractivity contribution in [2.45, 2.75) is 70.0 Å². The number of rotatable bonds is 6. The minimum atomic E-state index is -0.562. The van der Waals surface area contributed by atoms with Crippen LogP contribution in [0.4, 0.5) is 0 Å². The number of carbonyl (C=O) groups excluding carboxylic acids is 3. The number of likely N-dealkylation sites (N-methyl/N-ethyl adjacent to an activating group) is 1. The lowest BCUT2D eigenvalue weighted by atomic mass is 9.83. The molecule has 0 spiro atoms. The van der Waals surface area contributed by atoms with E-state index in [1.807, 2.05) is 0 Å². The number of likely N-dealkylation sites (tertiary alicyclic amines) is 1. The van der Waals surface area contributed by atoms with Gasteiger partial charge in [0.2, 0.25) is 17.7 Å². The maximum atomic E-state index is 13.1. The number of carbonyl (C=O) groups is 3. The normalized spacial score (nSPS) is 24.4. The van der Waals surface area contributed by atoms with E-state index >= 15 is 0 Å². The molecule has 0 aromatic rings. The van der Waals surface area contributed by atoms with E-state index in [4.69, 9.17) is 5.73 Å². The fraction of sp³-hybridized carbons (Fsp3) is 0.824. The molecule has 4 N–H and O–H groups in total. The van der Waals surface area contributed by atoms with E-state index in [0.717, 1.165) is 32.1 Å². The van der Waals surface area contributed by atoms with Gasteiger partial charge in [-0.05, 0) is 45.6 Å². The Bertz CT molecular complexity index is 476. The van der Waals surface area contributed by atoms with Crippen LogP contribution < -0.4 is 16.4 Å². The first kappa shape index (κ1) is 18.7. The number of nitrogens with two attached hydrogens (primary N) is 1. The third kappa shape index (κ3) is 4.26. The summed E-state index contributed by atoms with van der Waals surface area (Å²) in [6.07, 6.45) is 6.57. The third-order valence-electron chi connectivity index (χ3n) is 5.38. The van der Waals surface area contributed by atoms with Crippen LogP contribution in [0.3, 0.4) is 0 Å². The second kappa shape index (κ2) is 8.46. The molecule has 1 unspecified atom stereocenters. The minimum Gasteiger partial charge on any atom is -0.368 e. The van der Waals surface area contributed by atoms with E-state index in [1.165, 1.54) is 6.42 Å². The Morgan fingerprint density at radius 3 is 2.33 bits per heavy atom. The van der Waals surface area contributed by atoms with Crippen molar-refractivity contribution in [1.29, 1.82) is 0 Å². The Hall–Kier alpha value is -1.63. The monoisotopic (exact) mass is 338 g/mol. The van der Waals surface area contributed by atoms with E-state index < -0.39 is 18.0 Å². The molecule has 1 aliphatic heterocycles. The van der Waals surface area contributed by atoms with Crippen LogP contribution in [0.5, 0.6) is 0 Å². The van der Waals surface area contributed by atoms with Crippen LogP contribution in [-0.4, -0.2) is 54.3 Å². The largest absolute Gasteiger partial charge is 0.368 e. The van der Waals surface area contributed by atoms with E-state index in [-0.39, 0.29) is 23.8 Å². The fourth-order valence-electron chi connectivity index (χ4n) is 3.76. The van der Waals surface area contributed by atoms with Gasteiger partial charge in [-0.15, -0.1) is 0 Å². The highest BCUT2D eigenvalue weighted by molar-refractivity contribution is 5.93. The SMILES string of the molecule is CN[C@@H](C)C(=O)NC(C(=O)N1CCC[C@H]1C(N)=O)C1CCCCC1. The van der Waals surface area contributed by atoms with Gasteiger partial charge in [-0.3, -0.25) is 14.4 Å². The van der Waals surface area contributed by atoms with Gasteiger partial charge >= 0.3 is 0 Å². The summed E-state index contributed by atoms with van der Waals surface area (Å²) in [7, 11) is 1.71. The highest BCUT2D eigenvalue weighted by Crippen LogP contribution is 2.29. The zero-order chi connectivity index (χ0) is 17.7. The Kier molecular flexibility index (Phi) is 6.60. The van der Waals surface area contributed by atoms with Gasteiger partial charge in [0.25, 0.3) is 0 Å². The lowest BCUT2D eigenvalue weighted by Crippen LogP contribution is -2.57. The van der Waals surface area contributed by atoms with Gasteiger partial charge in [-0.2, -0.15) is 0 Å². The summed E-state index contributed by atoms with van der Waals surface area (Å²) in [6.45, 7) is 2.30. The van der Waals surface area contributed by atoms with Gasteiger partial charge in [0.15, 0.2) is 0 Å². The van der Waals surface area contributed by atoms with Crippen LogP contribution in [-0.2, 0) is 14.4 Å². The van der Waals surface area contributed by atoms with Crippen LogP contribution in [0.25, 0.3) is 0 Å². The Morgan fingerprint density at radius 2 is 1.75 bits per heavy atom. The second-order valence-corrected chi connectivity index (χ2v) is 6.99. The highest BCUT2D eigenvalue weighted by atomic mass is 16.2. The van der Waals surface area contributed by atoms with Crippen molar-refractivity contribution >= 4 is 17.7 Å². The predicted molar refractivity (Wildman–Crippen MR) is 91.0 cm³/mol. The summed E-state index contributed by atoms with van der Waals surface area (Å²) in [5, 5.41) is 5.83. The zero-order valence-corrected chi connectivity index (χ0v) is 14.7. The van der Waals surface area contributed by atoms with Crippen LogP contribution in [0.15, 0.2) is 0 Å². The van der Waals surface area contributed by atoms with Crippen molar-refractivity contribution in [3.63, 3.8) is 0 Å². The van der Waals surface area contributed by atoms with Gasteiger partial charge in [-0.25, -0.2) is 0 Å². The number of amides is 3. The first-order valence-corrected chi connectivity index (χ1v) is 9.03. The van der Waals surface area contributed by atoms with Gasteiger partial charge < -0.3 is 21.3 Å². The first-order valence-electron chi connectivity index (χ1n) is 9.03. The standard InChI is InChI=1S/C17H30N4O3/c1-11(19-2)16(23)20-14(12-7-4-3-5-8-12)17(24)21-10-6-9-13(21)15(18)22/h11-14,19H,3-10H2,1-2H3,(H2,18,22)(H,20,23)/t11-,13-,14?/m0/s1. The summed E-state index contributed by atoms with van der Waals surface area (Å²) >= 11 is 0. The Morgan fingerprint density at radius 1 is 1.08 bits per heavy atom. The number of primary amides is 1. The van der Waals surface area contributed by atoms with E-state index in [0.29, 0.717) is 13.0 Å². The van der Waals surface area contributed by atoms with Crippen molar-refractivity contribution in [1.82, 2.24) is 15.5 Å². The van der Waals surface area contributed by atoms with Crippen molar-refractivity contribution in [2.75, 3.05) is 13.6 Å². The zero-order valence-electron chi connectivity index (χ0n) is 14.7. The van der Waals surface area contributed by atoms with Crippen molar-refractivity contribution < 1.29 is 14.4 Å². The van der Waals surface area contributed by atoms with E-state index in [1.54, 1.807) is 18.9 Å². The molecule has 1 aliphatic carbocycles. The molecule has 1 saturated heterocycles. The van der Waals surface area contributed by atoms with Gasteiger partial charge in [-0.1, -0.05) is 19.3 Å². The number of hydrogen-bond donors (Lipinski definition) is 3. The summed E-state index contributed by atoms with van der Waals surface area (Å²) in [6, 6.07) is -1.47. The average molecular weight is 338 g/mol. The molecule has 1 heterocycles. The van der Waals surface area contributed by atoms with Crippen LogP contribution in [0, 0.1) is 5.92 Å². The van der Waals surface area contributed by atoms with Crippen molar-refractivity contribution in [3.05, 3.63) is 0 Å². The summed E-state index contributed by atoms with van der Waals surface area (Å²) in [5.74, 6) is -0.664. The fourth-order valence-corrected chi connectivity index (χ4v) is 3.76. The molecule has 0 aromatic heterocycles. The third-order valence-corrected chi connectivity index (χ3v) is 5.38. The highest BCUT2D eigenvalue weighted by Gasteiger charge is 2.40. The molecular weight excluding hydrogens is 308 g/mol. The molecule has 0 bridgehead atoms. The Balaban J connectivity index is 2.15. The van der Waals surface area contributed by atoms with E-state index in [2.05, 4.69) is 10.6 Å². The summed E-state index contributed by atoms with van der Waals surface area (Å²) in [5.41, 5.74) is 5.45. The van der Waals surface area contributed by atoms with Crippen LogP contribution >= 0.6 is 0 Å². The van der Waals surface area contributed by atoms with Crippen LogP contribution in [0.2, 0.25) is 0 Å². The summed E-state index contributed by atoms with van der Waals surface area (Å²) in [4.78, 5) is 38.6. The van der Waals surface area contributed by atoms with E-state index in [9.17, 15) is 14.4 Å². The second-order valence-electron chi connectivity index (χ2n) is 6.99. The van der Waals surface area contributed by atoms with Gasteiger partial charge in [0.1, 0.15) is 12.1 Å². The molecule has 3 amide bonds. The molecule has 7 nitrogen and oxygen atoms in total. The molecule has 2 rings (SSSR count). The summed E-state index contributed by atoms with van der Waals surface area (Å²) < 4.78 is 0. The maximum Gasteiger partial charge on any atom is 0.246 e. The maximum absolute atomic E-state index is 13.1. The molecule has 0 aromatic carbocycles. The van der Waals surface area contributed by atoms with Crippen LogP contribution in [0.1, 0.15) is 51.9 Å². The van der Waals surface area contributed by atoms with Gasteiger partial charge in [0.05, 0.1) is 6.04 Å². The molecule has 2 aliphatic rings. The Labute approximate surface area is 143 Å². The number of nitrogens with one attached hydrogen (secondary N) is 2. The molecule has 3 atom stereocenters. The van der Waals surface area contributed by atoms with Crippen molar-refractivity contribution in [3.8, 4) is 0 Å². The first-order chi connectivity index (χ1) is 11.5. The number of nitrogens with zero attached hydrogens (tertiary/aromatic N) is 1. The lowest BCUT2D eigenvalue weighted by molar-refractivity contribution is -0.142. The molecular formula is C17H30N4O3. The molecule has 136 valence electrons. The van der Waals surface area contributed by atoms with Gasteiger partial charge in [0, 0.05) is 6.54 Å². The molecule has 1 saturated carbocycles. The number of hydrogen-bond acceptors (Lipinski definition) is 4. The average Bonchev–Trinajstić information content (AvgIpc) is 3.09. The molecule has 2 fully saturated rings. The lowest BCUT2D eigenvalue weighted by Gasteiger charge is -2.34. The smallest absolute Gasteiger partial charge is 0.246 e. The quantitative estimate of drug-likeness (QED) is 0.640. The molecule has 24 heavy (non-hydrogen) atoms. The topological polar surface area (TPSA) is 105 Å². The van der Waals surface area contributed by atoms with Crippen molar-refractivity contribution in [2.24, 2.45) is 11.7 Å². The predicted octanol–water partition coefficient (Wildman–Crippen LogP) is 0.136.